The number of nitrogens with zero attached hydrogens (tertiary/aromatic N) is 1. The Morgan fingerprint density at radius 3 is 2.76 bits per heavy atom. The summed E-state index contributed by atoms with van der Waals surface area (Å²) in [5.41, 5.74) is 2.04. The number of carbonyl (C=O) groups is 1. The molecule has 0 atom stereocenters. The van der Waals surface area contributed by atoms with Gasteiger partial charge in [0.2, 0.25) is 0 Å². The van der Waals surface area contributed by atoms with Gasteiger partial charge in [-0.25, -0.2) is 0 Å². The molecule has 2 aromatic rings. The SMILES string of the molecule is CCOc1ccc(-c2[nH]ncc2C(=O)NC2CCCCCC2)cc1Cl. The Labute approximate surface area is 153 Å². The van der Waals surface area contributed by atoms with Crippen LogP contribution in [0.4, 0.5) is 0 Å². The van der Waals surface area contributed by atoms with E-state index in [2.05, 4.69) is 15.5 Å². The molecule has 2 N–H and O–H groups in total. The summed E-state index contributed by atoms with van der Waals surface area (Å²) in [6.45, 7) is 2.47. The fourth-order valence-electron chi connectivity index (χ4n) is 3.29. The fraction of sp³-hybridized carbons (Fsp3) is 0.474. The topological polar surface area (TPSA) is 67.0 Å². The third kappa shape index (κ3) is 4.34. The maximum absolute atomic E-state index is 12.7. The third-order valence-electron chi connectivity index (χ3n) is 4.59. The summed E-state index contributed by atoms with van der Waals surface area (Å²) in [4.78, 5) is 12.7. The molecule has 6 heteroatoms. The van der Waals surface area contributed by atoms with Crippen molar-refractivity contribution in [3.8, 4) is 17.0 Å². The highest BCUT2D eigenvalue weighted by atomic mass is 35.5. The minimum absolute atomic E-state index is 0.0827. The lowest BCUT2D eigenvalue weighted by molar-refractivity contribution is 0.0934. The van der Waals surface area contributed by atoms with Crippen LogP contribution in [0.5, 0.6) is 5.75 Å². The monoisotopic (exact) mass is 361 g/mol. The van der Waals surface area contributed by atoms with Gasteiger partial charge in [-0.05, 0) is 38.0 Å². The molecule has 1 aliphatic rings. The molecule has 25 heavy (non-hydrogen) atoms. The molecule has 134 valence electrons. The number of amides is 1. The van der Waals surface area contributed by atoms with Crippen LogP contribution in [-0.2, 0) is 0 Å². The van der Waals surface area contributed by atoms with E-state index < -0.39 is 0 Å². The van der Waals surface area contributed by atoms with Gasteiger partial charge in [-0.15, -0.1) is 0 Å². The number of aromatic nitrogens is 2. The number of H-pyrrole nitrogens is 1. The van der Waals surface area contributed by atoms with Crippen molar-refractivity contribution in [2.24, 2.45) is 0 Å². The van der Waals surface area contributed by atoms with Gasteiger partial charge in [0.25, 0.3) is 5.91 Å². The van der Waals surface area contributed by atoms with Crippen molar-refractivity contribution in [3.05, 3.63) is 35.0 Å². The number of carbonyl (C=O) groups excluding carboxylic acids is 1. The number of hydrogen-bond donors (Lipinski definition) is 2. The van der Waals surface area contributed by atoms with E-state index in [1.165, 1.54) is 25.7 Å². The molecule has 0 saturated heterocycles. The first kappa shape index (κ1) is 17.8. The first-order valence-corrected chi connectivity index (χ1v) is 9.33. The minimum Gasteiger partial charge on any atom is -0.492 e. The molecule has 0 bridgehead atoms. The lowest BCUT2D eigenvalue weighted by Crippen LogP contribution is -2.34. The summed E-state index contributed by atoms with van der Waals surface area (Å²) >= 11 is 6.27. The van der Waals surface area contributed by atoms with Gasteiger partial charge in [-0.1, -0.05) is 37.3 Å². The molecule has 3 rings (SSSR count). The van der Waals surface area contributed by atoms with E-state index in [0.717, 1.165) is 18.4 Å². The van der Waals surface area contributed by atoms with E-state index in [4.69, 9.17) is 16.3 Å². The molecule has 0 radical (unpaired) electrons. The zero-order valence-corrected chi connectivity index (χ0v) is 15.2. The molecule has 0 aliphatic heterocycles. The molecule has 1 amide bonds. The van der Waals surface area contributed by atoms with Gasteiger partial charge in [0.1, 0.15) is 5.75 Å². The Hall–Kier alpha value is -2.01. The first-order chi connectivity index (χ1) is 12.2. The number of rotatable bonds is 5. The zero-order valence-electron chi connectivity index (χ0n) is 14.5. The lowest BCUT2D eigenvalue weighted by atomic mass is 10.1. The summed E-state index contributed by atoms with van der Waals surface area (Å²) in [6, 6.07) is 5.74. The van der Waals surface area contributed by atoms with E-state index in [0.29, 0.717) is 28.6 Å². The van der Waals surface area contributed by atoms with Crippen LogP contribution in [0, 0.1) is 0 Å². The van der Waals surface area contributed by atoms with Crippen LogP contribution in [0.15, 0.2) is 24.4 Å². The quantitative estimate of drug-likeness (QED) is 0.766. The Balaban J connectivity index is 1.77. The molecule has 1 heterocycles. The highest BCUT2D eigenvalue weighted by Gasteiger charge is 2.20. The molecule has 1 fully saturated rings. The fourth-order valence-corrected chi connectivity index (χ4v) is 3.53. The van der Waals surface area contributed by atoms with Crippen LogP contribution in [0.2, 0.25) is 5.02 Å². The van der Waals surface area contributed by atoms with Gasteiger partial charge >= 0.3 is 0 Å². The molecule has 1 aliphatic carbocycles. The molecule has 1 saturated carbocycles. The van der Waals surface area contributed by atoms with Gasteiger partial charge in [0, 0.05) is 11.6 Å². The number of nitrogens with one attached hydrogen (secondary N) is 2. The molecular formula is C19H24ClN3O2. The maximum Gasteiger partial charge on any atom is 0.255 e. The van der Waals surface area contributed by atoms with Gasteiger partial charge in [-0.2, -0.15) is 5.10 Å². The van der Waals surface area contributed by atoms with Crippen LogP contribution >= 0.6 is 11.6 Å². The predicted molar refractivity (Wildman–Crippen MR) is 99.2 cm³/mol. The number of halogens is 1. The standard InChI is InChI=1S/C19H24ClN3O2/c1-2-25-17-10-9-13(11-16(17)20)18-15(12-21-23-18)19(24)22-14-7-5-3-4-6-8-14/h9-12,14H,2-8H2,1H3,(H,21,23)(H,22,24). The van der Waals surface area contributed by atoms with Crippen LogP contribution in [-0.4, -0.2) is 28.8 Å². The average Bonchev–Trinajstić information content (AvgIpc) is 2.96. The Morgan fingerprint density at radius 1 is 1.32 bits per heavy atom. The second-order valence-corrected chi connectivity index (χ2v) is 6.81. The van der Waals surface area contributed by atoms with Gasteiger partial charge < -0.3 is 10.1 Å². The van der Waals surface area contributed by atoms with Crippen molar-refractivity contribution < 1.29 is 9.53 Å². The average molecular weight is 362 g/mol. The number of ether oxygens (including phenoxy) is 1. The van der Waals surface area contributed by atoms with Gasteiger partial charge in [-0.3, -0.25) is 9.89 Å². The predicted octanol–water partition coefficient (Wildman–Crippen LogP) is 4.58. The molecule has 1 aromatic heterocycles. The zero-order chi connectivity index (χ0) is 17.6. The van der Waals surface area contributed by atoms with Crippen molar-refractivity contribution >= 4 is 17.5 Å². The molecule has 5 nitrogen and oxygen atoms in total. The summed E-state index contributed by atoms with van der Waals surface area (Å²) < 4.78 is 5.46. The highest BCUT2D eigenvalue weighted by Crippen LogP contribution is 2.31. The van der Waals surface area contributed by atoms with E-state index in [1.54, 1.807) is 12.3 Å². The van der Waals surface area contributed by atoms with E-state index >= 15 is 0 Å². The number of hydrogen-bond acceptors (Lipinski definition) is 3. The van der Waals surface area contributed by atoms with Crippen molar-refractivity contribution in [3.63, 3.8) is 0 Å². The van der Waals surface area contributed by atoms with Crippen molar-refractivity contribution in [1.29, 1.82) is 0 Å². The summed E-state index contributed by atoms with van der Waals surface area (Å²) in [6.07, 6.45) is 8.55. The third-order valence-corrected chi connectivity index (χ3v) is 4.89. The van der Waals surface area contributed by atoms with Crippen molar-refractivity contribution in [2.75, 3.05) is 6.61 Å². The molecule has 0 spiro atoms. The second-order valence-electron chi connectivity index (χ2n) is 6.40. The van der Waals surface area contributed by atoms with E-state index in [1.807, 2.05) is 19.1 Å². The first-order valence-electron chi connectivity index (χ1n) is 8.96. The maximum atomic E-state index is 12.7. The Bertz CT molecular complexity index is 721. The number of benzene rings is 1. The largest absolute Gasteiger partial charge is 0.492 e. The van der Waals surface area contributed by atoms with Crippen LogP contribution in [0.1, 0.15) is 55.8 Å². The highest BCUT2D eigenvalue weighted by molar-refractivity contribution is 6.32. The summed E-state index contributed by atoms with van der Waals surface area (Å²) in [5.74, 6) is 0.553. The van der Waals surface area contributed by atoms with Crippen LogP contribution < -0.4 is 10.1 Å². The van der Waals surface area contributed by atoms with Gasteiger partial charge in [0.15, 0.2) is 0 Å². The molecular weight excluding hydrogens is 338 g/mol. The lowest BCUT2D eigenvalue weighted by Gasteiger charge is -2.16. The summed E-state index contributed by atoms with van der Waals surface area (Å²) in [7, 11) is 0. The normalized spacial score (nSPS) is 15.6. The Morgan fingerprint density at radius 2 is 2.08 bits per heavy atom. The molecule has 0 unspecified atom stereocenters. The van der Waals surface area contributed by atoms with Crippen molar-refractivity contribution in [1.82, 2.24) is 15.5 Å². The number of aromatic amines is 1. The molecule has 1 aromatic carbocycles. The van der Waals surface area contributed by atoms with Crippen LogP contribution in [0.25, 0.3) is 11.3 Å². The van der Waals surface area contributed by atoms with E-state index in [-0.39, 0.29) is 11.9 Å². The van der Waals surface area contributed by atoms with Crippen molar-refractivity contribution in [2.45, 2.75) is 51.5 Å². The smallest absolute Gasteiger partial charge is 0.255 e. The van der Waals surface area contributed by atoms with Crippen LogP contribution in [0.3, 0.4) is 0 Å². The van der Waals surface area contributed by atoms with Gasteiger partial charge in [0.05, 0.1) is 29.1 Å². The Kier molecular flexibility index (Phi) is 5.97. The summed E-state index contributed by atoms with van der Waals surface area (Å²) in [5, 5.41) is 10.7. The van der Waals surface area contributed by atoms with E-state index in [9.17, 15) is 4.79 Å². The second kappa shape index (κ2) is 8.39. The minimum atomic E-state index is -0.0827.